The van der Waals surface area contributed by atoms with E-state index in [9.17, 15) is 39.3 Å². The monoisotopic (exact) mass is 1600 g/mol. The lowest BCUT2D eigenvalue weighted by atomic mass is 9.84. The summed E-state index contributed by atoms with van der Waals surface area (Å²) in [6.45, 7) is 36.6. The Kier molecular flexibility index (Phi) is 66.1. The van der Waals surface area contributed by atoms with E-state index in [-0.39, 0.29) is 42.1 Å². The van der Waals surface area contributed by atoms with Gasteiger partial charge in [0.15, 0.2) is 5.78 Å². The maximum Gasteiger partial charge on any atom is 0.306 e. The fourth-order valence-electron chi connectivity index (χ4n) is 17.6. The number of ketones is 4. The lowest BCUT2D eigenvalue weighted by molar-refractivity contribution is -0.141. The molecule has 0 radical (unpaired) electrons. The van der Waals surface area contributed by atoms with Gasteiger partial charge in [-0.1, -0.05) is 280 Å². The van der Waals surface area contributed by atoms with Crippen LogP contribution in [0.1, 0.15) is 458 Å². The van der Waals surface area contributed by atoms with Crippen LogP contribution in [-0.4, -0.2) is 68.8 Å². The minimum absolute atomic E-state index is 0.000910. The molecular weight excluding hydrogens is 1420 g/mol. The highest BCUT2D eigenvalue weighted by atomic mass is 16.5. The molecule has 7 rings (SSSR count). The number of rotatable bonds is 45. The molecule has 9 nitrogen and oxygen atoms in total. The summed E-state index contributed by atoms with van der Waals surface area (Å²) in [6, 6.07) is 0. The van der Waals surface area contributed by atoms with Crippen LogP contribution in [0.25, 0.3) is 0 Å². The Balaban J connectivity index is 0.000000675. The second-order valence-corrected chi connectivity index (χ2v) is 37.1. The number of aliphatic hydroxyl groups excluding tert-OH is 3. The zero-order chi connectivity index (χ0) is 85.4. The van der Waals surface area contributed by atoms with Crippen molar-refractivity contribution < 1.29 is 44.0 Å². The van der Waals surface area contributed by atoms with Crippen LogP contribution in [0, 0.1) is 41.4 Å². The Morgan fingerprint density at radius 1 is 0.426 bits per heavy atom. The fourth-order valence-corrected chi connectivity index (χ4v) is 17.6. The Morgan fingerprint density at radius 2 is 0.896 bits per heavy atom. The molecule has 660 valence electrons. The first kappa shape index (κ1) is 108. The standard InChI is InChI=1S/C20H34O.C20H32O.2C14H26O.C13H22O2.C13H20O.C12H22O2/c2*1-16(2)8-5-9-17(3)10-6-11-18(4)14-15-19-12-7-13-20(19)21;2*1-3-4-5-6-7-8-13-9-12(2)10-14(15)11-13;1-3-4-5-6-12-11(9-10(2)14)7-8-13(12)15;1-3-4-5-6-7-12-8-11(2)9-13(14)10-12;1-2-3-4-5-6-7-8-11-9-10-12(13)14-11/h8,10,14,19-21H,5-7,9,11-13,15H2,1-4H3;8,10,14,19H,5-7,9,11-13,15H2,1-4H3;2*10,13-15H,3-9,11H2,1-2H3;11-12H,3-9H2,1-2H3;4-5,9,12H,3,6-8,10H2,1-2H3;11H,2-10H2,1H3/b2*17-10+,18-14+;;;;5-4-;. The third kappa shape index (κ3) is 60.5. The van der Waals surface area contributed by atoms with Gasteiger partial charge in [0, 0.05) is 43.9 Å². The molecule has 3 saturated carbocycles. The molecule has 115 heavy (non-hydrogen) atoms. The molecule has 0 aromatic rings. The maximum atomic E-state index is 11.6. The summed E-state index contributed by atoms with van der Waals surface area (Å²) in [5.41, 5.74) is 12.7. The summed E-state index contributed by atoms with van der Waals surface area (Å²) in [5.74, 6) is 4.89. The van der Waals surface area contributed by atoms with Crippen molar-refractivity contribution in [2.75, 3.05) is 0 Å². The van der Waals surface area contributed by atoms with Crippen molar-refractivity contribution in [3.8, 4) is 0 Å². The molecular formula is C106H182O9. The predicted molar refractivity (Wildman–Crippen MR) is 495 cm³/mol. The first-order valence-electron chi connectivity index (χ1n) is 48.0. The van der Waals surface area contributed by atoms with Gasteiger partial charge in [0.05, 0.1) is 18.3 Å². The number of hydrogen-bond donors (Lipinski definition) is 3. The molecule has 1 saturated heterocycles. The fraction of sp³-hybridized carbons (Fsp3) is 0.764. The molecule has 1 heterocycles. The van der Waals surface area contributed by atoms with Gasteiger partial charge in [-0.15, -0.1) is 0 Å². The van der Waals surface area contributed by atoms with E-state index in [1.165, 1.54) is 224 Å². The van der Waals surface area contributed by atoms with Crippen LogP contribution < -0.4 is 0 Å². The number of ether oxygens (including phenoxy) is 1. The van der Waals surface area contributed by atoms with Crippen LogP contribution in [0.4, 0.5) is 0 Å². The summed E-state index contributed by atoms with van der Waals surface area (Å²) >= 11 is 0. The molecule has 0 aromatic carbocycles. The second-order valence-electron chi connectivity index (χ2n) is 37.1. The molecule has 0 aromatic heterocycles. The van der Waals surface area contributed by atoms with E-state index in [0.717, 1.165) is 160 Å². The van der Waals surface area contributed by atoms with E-state index in [0.29, 0.717) is 60.3 Å². The van der Waals surface area contributed by atoms with Gasteiger partial charge in [-0.25, -0.2) is 0 Å². The van der Waals surface area contributed by atoms with Gasteiger partial charge >= 0.3 is 5.97 Å². The third-order valence-electron chi connectivity index (χ3n) is 24.5. The van der Waals surface area contributed by atoms with Gasteiger partial charge in [0.1, 0.15) is 23.5 Å². The average Bonchev–Trinajstić information content (AvgIpc) is 1.75. The lowest BCUT2D eigenvalue weighted by Crippen LogP contribution is -2.17. The number of esters is 1. The van der Waals surface area contributed by atoms with Crippen molar-refractivity contribution in [3.63, 3.8) is 0 Å². The Morgan fingerprint density at radius 3 is 1.34 bits per heavy atom. The van der Waals surface area contributed by atoms with Gasteiger partial charge in [-0.3, -0.25) is 19.2 Å². The largest absolute Gasteiger partial charge is 0.462 e. The highest BCUT2D eigenvalue weighted by Crippen LogP contribution is 2.36. The van der Waals surface area contributed by atoms with Gasteiger partial charge in [0.2, 0.25) is 0 Å². The van der Waals surface area contributed by atoms with E-state index in [1.54, 1.807) is 13.0 Å². The second kappa shape index (κ2) is 70.1. The molecule has 0 bridgehead atoms. The van der Waals surface area contributed by atoms with Crippen LogP contribution in [-0.2, 0) is 28.7 Å². The zero-order valence-electron chi connectivity index (χ0n) is 78.0. The SMILES string of the molecule is CC(C)=CCC/C(C)=C/CC/C(C)=C/CC1CCCC1=O.CC(C)=CCC/C(C)=C/CC/C(C)=C/CC1CCCC1O.CC/C=C\CCC1CC(=O)C=C(C)C1.CCCCCC1C(=O)CCC1CC(C)=O.CCCCCCCC1CC(C)=CC(O)C1.CCCCCCCC1CC(C)=CC(O)C1.CCCCCCCCC1CCC(=O)O1. The van der Waals surface area contributed by atoms with Crippen LogP contribution in [0.5, 0.6) is 0 Å². The number of carbonyl (C=O) groups is 5. The molecule has 3 N–H and O–H groups in total. The number of Topliss-reactive ketones (excluding diaryl/α,β-unsaturated/α-hetero) is 3. The minimum atomic E-state index is -0.167. The number of unbranched alkanes of at least 4 members (excludes halogenated alkanes) is 15. The van der Waals surface area contributed by atoms with E-state index in [2.05, 4.69) is 159 Å². The lowest BCUT2D eigenvalue weighted by Gasteiger charge is -2.24. The molecule has 6 aliphatic carbocycles. The highest BCUT2D eigenvalue weighted by molar-refractivity contribution is 5.91. The number of carbonyl (C=O) groups excluding carboxylic acids is 5. The number of aliphatic hydroxyl groups is 3. The molecule has 0 spiro atoms. The first-order chi connectivity index (χ1) is 55.1. The summed E-state index contributed by atoms with van der Waals surface area (Å²) in [6.07, 6.45) is 85.2. The summed E-state index contributed by atoms with van der Waals surface area (Å²) in [7, 11) is 0. The summed E-state index contributed by atoms with van der Waals surface area (Å²) < 4.78 is 5.15. The first-order valence-corrected chi connectivity index (χ1v) is 48.0. The van der Waals surface area contributed by atoms with Crippen molar-refractivity contribution in [2.45, 2.75) is 482 Å². The maximum absolute atomic E-state index is 11.6. The molecule has 0 amide bonds. The van der Waals surface area contributed by atoms with Crippen molar-refractivity contribution in [1.29, 1.82) is 0 Å². The number of hydrogen-bond acceptors (Lipinski definition) is 9. The predicted octanol–water partition coefficient (Wildman–Crippen LogP) is 30.5. The van der Waals surface area contributed by atoms with E-state index in [4.69, 9.17) is 4.74 Å². The zero-order valence-corrected chi connectivity index (χ0v) is 78.0. The van der Waals surface area contributed by atoms with E-state index >= 15 is 0 Å². The number of allylic oxidation sites excluding steroid dienone is 18. The van der Waals surface area contributed by atoms with E-state index < -0.39 is 0 Å². The van der Waals surface area contributed by atoms with Gasteiger partial charge in [0.25, 0.3) is 0 Å². The molecule has 11 unspecified atom stereocenters. The van der Waals surface area contributed by atoms with Crippen LogP contribution in [0.15, 0.2) is 117 Å². The third-order valence-corrected chi connectivity index (χ3v) is 24.5. The quantitative estimate of drug-likeness (QED) is 0.0307. The van der Waals surface area contributed by atoms with Gasteiger partial charge in [-0.2, -0.15) is 0 Å². The molecule has 7 aliphatic rings. The van der Waals surface area contributed by atoms with Gasteiger partial charge in [-0.05, 0) is 292 Å². The average molecular weight is 1600 g/mol. The van der Waals surface area contributed by atoms with Crippen molar-refractivity contribution in [2.24, 2.45) is 41.4 Å². The molecule has 11 atom stereocenters. The highest BCUT2D eigenvalue weighted by Gasteiger charge is 2.34. The van der Waals surface area contributed by atoms with Crippen molar-refractivity contribution in [3.05, 3.63) is 117 Å². The Hall–Kier alpha value is -4.57. The number of cyclic esters (lactones) is 1. The topological polar surface area (TPSA) is 155 Å². The Bertz CT molecular complexity index is 2860. The van der Waals surface area contributed by atoms with E-state index in [1.807, 2.05) is 12.2 Å². The van der Waals surface area contributed by atoms with Crippen LogP contribution >= 0.6 is 0 Å². The Labute approximate surface area is 709 Å². The molecule has 9 heteroatoms. The van der Waals surface area contributed by atoms with Gasteiger partial charge < -0.3 is 24.9 Å². The minimum Gasteiger partial charge on any atom is -0.462 e. The normalized spacial score (nSPS) is 23.6. The smallest absolute Gasteiger partial charge is 0.306 e. The van der Waals surface area contributed by atoms with Crippen molar-refractivity contribution >= 4 is 29.1 Å². The van der Waals surface area contributed by atoms with Crippen LogP contribution in [0.2, 0.25) is 0 Å². The molecule has 1 aliphatic heterocycles. The van der Waals surface area contributed by atoms with Crippen LogP contribution in [0.3, 0.4) is 0 Å². The summed E-state index contributed by atoms with van der Waals surface area (Å²) in [5, 5.41) is 29.1. The van der Waals surface area contributed by atoms with Crippen molar-refractivity contribution in [1.82, 2.24) is 0 Å². The summed E-state index contributed by atoms with van der Waals surface area (Å²) in [4.78, 5) is 56.4. The molecule has 4 fully saturated rings.